The van der Waals surface area contributed by atoms with E-state index in [0.717, 1.165) is 31.8 Å². The van der Waals surface area contributed by atoms with Crippen LogP contribution in [-0.4, -0.2) is 52.7 Å². The van der Waals surface area contributed by atoms with E-state index in [9.17, 15) is 12.8 Å². The Morgan fingerprint density at radius 1 is 1.33 bits per heavy atom. The Kier molecular flexibility index (Phi) is 5.51. The molecule has 0 unspecified atom stereocenters. The summed E-state index contributed by atoms with van der Waals surface area (Å²) in [6, 6.07) is 3.50. The Labute approximate surface area is 124 Å². The molecule has 1 aliphatic rings. The molecule has 0 aliphatic carbocycles. The summed E-state index contributed by atoms with van der Waals surface area (Å²) in [6.07, 6.45) is 0.656. The smallest absolute Gasteiger partial charge is 0.243 e. The van der Waals surface area contributed by atoms with Crippen molar-refractivity contribution in [3.8, 4) is 0 Å². The van der Waals surface area contributed by atoms with Crippen LogP contribution < -0.4 is 10.5 Å². The van der Waals surface area contributed by atoms with E-state index in [1.54, 1.807) is 0 Å². The number of benzene rings is 1. The van der Waals surface area contributed by atoms with Crippen LogP contribution >= 0.6 is 0 Å². The van der Waals surface area contributed by atoms with Crippen LogP contribution in [0.5, 0.6) is 0 Å². The van der Waals surface area contributed by atoms with Gasteiger partial charge in [-0.05, 0) is 31.2 Å². The molecule has 21 heavy (non-hydrogen) atoms. The van der Waals surface area contributed by atoms with Crippen LogP contribution in [0, 0.1) is 5.82 Å². The Balaban J connectivity index is 1.85. The van der Waals surface area contributed by atoms with Gasteiger partial charge in [-0.1, -0.05) is 0 Å². The van der Waals surface area contributed by atoms with Crippen molar-refractivity contribution in [3.05, 3.63) is 24.0 Å². The zero-order valence-corrected chi connectivity index (χ0v) is 12.5. The molecule has 0 saturated carbocycles. The summed E-state index contributed by atoms with van der Waals surface area (Å²) >= 11 is 0. The maximum absolute atomic E-state index is 13.6. The van der Waals surface area contributed by atoms with E-state index in [1.807, 2.05) is 0 Å². The highest BCUT2D eigenvalue weighted by Gasteiger charge is 2.19. The maximum atomic E-state index is 13.6. The van der Waals surface area contributed by atoms with Crippen LogP contribution in [0.3, 0.4) is 0 Å². The molecule has 118 valence electrons. The van der Waals surface area contributed by atoms with Gasteiger partial charge >= 0.3 is 0 Å². The van der Waals surface area contributed by atoms with Gasteiger partial charge < -0.3 is 10.5 Å². The van der Waals surface area contributed by atoms with Crippen molar-refractivity contribution in [3.63, 3.8) is 0 Å². The van der Waals surface area contributed by atoms with E-state index in [-0.39, 0.29) is 12.2 Å². The number of anilines is 1. The van der Waals surface area contributed by atoms with Crippen LogP contribution in [0.25, 0.3) is 0 Å². The quantitative estimate of drug-likeness (QED) is 0.586. The first-order valence-corrected chi connectivity index (χ1v) is 8.32. The summed E-state index contributed by atoms with van der Waals surface area (Å²) in [5, 5.41) is 0. The van der Waals surface area contributed by atoms with Gasteiger partial charge in [0.15, 0.2) is 0 Å². The van der Waals surface area contributed by atoms with E-state index in [0.29, 0.717) is 19.6 Å². The van der Waals surface area contributed by atoms with Crippen molar-refractivity contribution in [2.75, 3.05) is 45.1 Å². The van der Waals surface area contributed by atoms with Crippen molar-refractivity contribution in [2.45, 2.75) is 11.3 Å². The van der Waals surface area contributed by atoms with Gasteiger partial charge in [0.05, 0.1) is 13.2 Å². The Hall–Kier alpha value is -1.22. The number of ether oxygens (including phenoxy) is 1. The van der Waals surface area contributed by atoms with E-state index in [4.69, 9.17) is 10.5 Å². The molecule has 6 nitrogen and oxygen atoms in total. The SMILES string of the molecule is Nc1ccc(F)c(S(=O)(=O)NCCCN2CCOCC2)c1. The second-order valence-corrected chi connectivity index (χ2v) is 6.63. The molecule has 1 heterocycles. The van der Waals surface area contributed by atoms with Crippen molar-refractivity contribution in [2.24, 2.45) is 0 Å². The van der Waals surface area contributed by atoms with Crippen LogP contribution in [0.15, 0.2) is 23.1 Å². The predicted molar refractivity (Wildman–Crippen MR) is 77.9 cm³/mol. The van der Waals surface area contributed by atoms with Gasteiger partial charge in [-0.25, -0.2) is 17.5 Å². The van der Waals surface area contributed by atoms with Crippen molar-refractivity contribution >= 4 is 15.7 Å². The molecule has 8 heteroatoms. The molecule has 0 amide bonds. The molecule has 0 aromatic heterocycles. The van der Waals surface area contributed by atoms with Gasteiger partial charge in [0.25, 0.3) is 0 Å². The Morgan fingerprint density at radius 3 is 2.76 bits per heavy atom. The molecule has 1 aliphatic heterocycles. The molecule has 1 aromatic carbocycles. The van der Waals surface area contributed by atoms with E-state index >= 15 is 0 Å². The van der Waals surface area contributed by atoms with Crippen molar-refractivity contribution in [1.82, 2.24) is 9.62 Å². The van der Waals surface area contributed by atoms with E-state index in [2.05, 4.69) is 9.62 Å². The van der Waals surface area contributed by atoms with Gasteiger partial charge in [0, 0.05) is 25.3 Å². The molecule has 3 N–H and O–H groups in total. The molecule has 0 spiro atoms. The lowest BCUT2D eigenvalue weighted by Crippen LogP contribution is -2.38. The van der Waals surface area contributed by atoms with E-state index < -0.39 is 20.7 Å². The first kappa shape index (κ1) is 16.2. The minimum atomic E-state index is -3.86. The van der Waals surface area contributed by atoms with Crippen molar-refractivity contribution in [1.29, 1.82) is 0 Å². The molecule has 1 aromatic rings. The summed E-state index contributed by atoms with van der Waals surface area (Å²) < 4.78 is 45.2. The largest absolute Gasteiger partial charge is 0.399 e. The summed E-state index contributed by atoms with van der Waals surface area (Å²) in [7, 11) is -3.86. The van der Waals surface area contributed by atoms with Gasteiger partial charge in [-0.15, -0.1) is 0 Å². The number of nitrogens with one attached hydrogen (secondary N) is 1. The van der Waals surface area contributed by atoms with Gasteiger partial charge in [0.2, 0.25) is 10.0 Å². The number of halogens is 1. The molecule has 1 saturated heterocycles. The number of rotatable bonds is 6. The van der Waals surface area contributed by atoms with Gasteiger partial charge in [-0.2, -0.15) is 0 Å². The second kappa shape index (κ2) is 7.17. The van der Waals surface area contributed by atoms with Crippen LogP contribution in [0.1, 0.15) is 6.42 Å². The highest BCUT2D eigenvalue weighted by molar-refractivity contribution is 7.89. The Morgan fingerprint density at radius 2 is 2.05 bits per heavy atom. The molecule has 0 bridgehead atoms. The second-order valence-electron chi connectivity index (χ2n) is 4.90. The van der Waals surface area contributed by atoms with Crippen molar-refractivity contribution < 1.29 is 17.5 Å². The lowest BCUT2D eigenvalue weighted by molar-refractivity contribution is 0.0376. The maximum Gasteiger partial charge on any atom is 0.243 e. The van der Waals surface area contributed by atoms with Gasteiger partial charge in [-0.3, -0.25) is 4.90 Å². The zero-order valence-electron chi connectivity index (χ0n) is 11.7. The third-order valence-corrected chi connectivity index (χ3v) is 4.77. The monoisotopic (exact) mass is 317 g/mol. The lowest BCUT2D eigenvalue weighted by atomic mass is 10.3. The first-order valence-electron chi connectivity index (χ1n) is 6.84. The number of nitrogen functional groups attached to an aromatic ring is 1. The number of hydrogen-bond acceptors (Lipinski definition) is 5. The third-order valence-electron chi connectivity index (χ3n) is 3.29. The number of sulfonamides is 1. The lowest BCUT2D eigenvalue weighted by Gasteiger charge is -2.26. The Bertz CT molecular complexity index is 574. The van der Waals surface area contributed by atoms with Crippen LogP contribution in [-0.2, 0) is 14.8 Å². The average Bonchev–Trinajstić information content (AvgIpc) is 2.47. The first-order chi connectivity index (χ1) is 9.99. The highest BCUT2D eigenvalue weighted by Crippen LogP contribution is 2.17. The molecular formula is C13H20FN3O3S. The average molecular weight is 317 g/mol. The van der Waals surface area contributed by atoms with E-state index in [1.165, 1.54) is 6.07 Å². The number of nitrogens with zero attached hydrogens (tertiary/aromatic N) is 1. The zero-order chi connectivity index (χ0) is 15.3. The number of nitrogens with two attached hydrogens (primary N) is 1. The van der Waals surface area contributed by atoms with Gasteiger partial charge in [0.1, 0.15) is 10.7 Å². The number of morpholine rings is 1. The summed E-state index contributed by atoms with van der Waals surface area (Å²) in [6.45, 7) is 4.17. The summed E-state index contributed by atoms with van der Waals surface area (Å²) in [4.78, 5) is 1.80. The molecule has 0 atom stereocenters. The highest BCUT2D eigenvalue weighted by atomic mass is 32.2. The van der Waals surface area contributed by atoms with Crippen LogP contribution in [0.4, 0.5) is 10.1 Å². The minimum absolute atomic E-state index is 0.213. The fourth-order valence-corrected chi connectivity index (χ4v) is 3.32. The summed E-state index contributed by atoms with van der Waals surface area (Å²) in [5.41, 5.74) is 5.71. The molecule has 1 fully saturated rings. The number of hydrogen-bond donors (Lipinski definition) is 2. The topological polar surface area (TPSA) is 84.7 Å². The third kappa shape index (κ3) is 4.63. The molecule has 0 radical (unpaired) electrons. The standard InChI is InChI=1S/C13H20FN3O3S/c14-12-3-2-11(15)10-13(12)21(18,19)16-4-1-5-17-6-8-20-9-7-17/h2-3,10,16H,1,4-9,15H2. The predicted octanol–water partition coefficient (Wildman–Crippen LogP) is 0.409. The molecular weight excluding hydrogens is 297 g/mol. The minimum Gasteiger partial charge on any atom is -0.399 e. The molecule has 2 rings (SSSR count). The fourth-order valence-electron chi connectivity index (χ4n) is 2.14. The van der Waals surface area contributed by atoms with Crippen LogP contribution in [0.2, 0.25) is 0 Å². The normalized spacial score (nSPS) is 17.0. The fraction of sp³-hybridized carbons (Fsp3) is 0.538. The summed E-state index contributed by atoms with van der Waals surface area (Å²) in [5.74, 6) is -0.801.